The second kappa shape index (κ2) is 4.72. The fourth-order valence-corrected chi connectivity index (χ4v) is 1.77. The molecule has 2 rings (SSSR count). The Morgan fingerprint density at radius 1 is 1.29 bits per heavy atom. The predicted octanol–water partition coefficient (Wildman–Crippen LogP) is 3.21. The normalized spacial score (nSPS) is 10.8. The number of aromatic amines is 1. The number of aromatic nitrogens is 2. The zero-order valence-corrected chi connectivity index (χ0v) is 10.5. The number of hydrogen-bond acceptors (Lipinski definition) is 2. The van der Waals surface area contributed by atoms with Crippen LogP contribution in [0.5, 0.6) is 0 Å². The minimum Gasteiger partial charge on any atom is -0.310 e. The fraction of sp³-hybridized carbons (Fsp3) is 0.231. The second-order valence-corrected chi connectivity index (χ2v) is 4.63. The summed E-state index contributed by atoms with van der Waals surface area (Å²) >= 11 is 5.92. The molecule has 0 saturated carbocycles. The Kier molecular flexibility index (Phi) is 3.29. The first kappa shape index (κ1) is 11.9. The van der Waals surface area contributed by atoms with Gasteiger partial charge in [0.2, 0.25) is 0 Å². The molecule has 0 aliphatic carbocycles. The summed E-state index contributed by atoms with van der Waals surface area (Å²) in [4.78, 5) is 18.2. The predicted molar refractivity (Wildman–Crippen MR) is 69.4 cm³/mol. The molecular weight excluding hydrogens is 236 g/mol. The molecule has 0 aliphatic heterocycles. The van der Waals surface area contributed by atoms with Gasteiger partial charge in [-0.25, -0.2) is 4.79 Å². The Balaban J connectivity index is 2.56. The minimum absolute atomic E-state index is 0.253. The molecule has 4 heteroatoms. The highest BCUT2D eigenvalue weighted by Crippen LogP contribution is 2.22. The van der Waals surface area contributed by atoms with Crippen LogP contribution in [0, 0.1) is 0 Å². The number of nitrogens with zero attached hydrogens (tertiary/aromatic N) is 1. The average Bonchev–Trinajstić information content (AvgIpc) is 2.28. The van der Waals surface area contributed by atoms with Gasteiger partial charge >= 0.3 is 5.69 Å². The molecule has 1 heterocycles. The molecule has 0 bridgehead atoms. The zero-order chi connectivity index (χ0) is 12.4. The number of halogens is 1. The van der Waals surface area contributed by atoms with Gasteiger partial charge in [0.25, 0.3) is 0 Å². The van der Waals surface area contributed by atoms with Crippen LogP contribution in [0.2, 0.25) is 5.02 Å². The van der Waals surface area contributed by atoms with Crippen LogP contribution in [0.25, 0.3) is 11.3 Å². The Hall–Kier alpha value is -1.61. The molecule has 88 valence electrons. The highest BCUT2D eigenvalue weighted by molar-refractivity contribution is 6.30. The van der Waals surface area contributed by atoms with Gasteiger partial charge in [-0.15, -0.1) is 0 Å². The topological polar surface area (TPSA) is 45.8 Å². The van der Waals surface area contributed by atoms with Gasteiger partial charge in [-0.05, 0) is 24.1 Å². The van der Waals surface area contributed by atoms with Crippen LogP contribution < -0.4 is 5.69 Å². The number of nitrogens with one attached hydrogen (secondary N) is 1. The van der Waals surface area contributed by atoms with E-state index in [0.717, 1.165) is 11.3 Å². The first-order valence-electron chi connectivity index (χ1n) is 5.43. The van der Waals surface area contributed by atoms with Crippen molar-refractivity contribution in [3.8, 4) is 11.3 Å². The SMILES string of the molecule is CC(C)c1cc(-c2cccc(Cl)c2)nc(=O)[nH]1. The van der Waals surface area contributed by atoms with E-state index in [1.807, 2.05) is 32.0 Å². The van der Waals surface area contributed by atoms with E-state index in [9.17, 15) is 4.79 Å². The van der Waals surface area contributed by atoms with E-state index in [-0.39, 0.29) is 11.6 Å². The monoisotopic (exact) mass is 248 g/mol. The van der Waals surface area contributed by atoms with Crippen molar-refractivity contribution in [2.24, 2.45) is 0 Å². The molecule has 0 radical (unpaired) electrons. The first-order valence-corrected chi connectivity index (χ1v) is 5.81. The zero-order valence-electron chi connectivity index (χ0n) is 9.70. The molecule has 17 heavy (non-hydrogen) atoms. The van der Waals surface area contributed by atoms with Crippen molar-refractivity contribution < 1.29 is 0 Å². The van der Waals surface area contributed by atoms with E-state index in [4.69, 9.17) is 11.6 Å². The summed E-state index contributed by atoms with van der Waals surface area (Å²) in [7, 11) is 0. The van der Waals surface area contributed by atoms with Crippen LogP contribution >= 0.6 is 11.6 Å². The van der Waals surface area contributed by atoms with Crippen molar-refractivity contribution >= 4 is 11.6 Å². The Bertz CT molecular complexity index is 590. The maximum atomic E-state index is 11.5. The smallest absolute Gasteiger partial charge is 0.310 e. The van der Waals surface area contributed by atoms with Gasteiger partial charge in [0.05, 0.1) is 5.69 Å². The lowest BCUT2D eigenvalue weighted by Crippen LogP contribution is -2.14. The van der Waals surface area contributed by atoms with Crippen LogP contribution in [-0.4, -0.2) is 9.97 Å². The highest BCUT2D eigenvalue weighted by atomic mass is 35.5. The van der Waals surface area contributed by atoms with Crippen molar-refractivity contribution in [1.29, 1.82) is 0 Å². The van der Waals surface area contributed by atoms with E-state index in [1.54, 1.807) is 12.1 Å². The minimum atomic E-state index is -0.328. The molecule has 1 N–H and O–H groups in total. The van der Waals surface area contributed by atoms with E-state index in [1.165, 1.54) is 0 Å². The first-order chi connectivity index (χ1) is 8.06. The summed E-state index contributed by atoms with van der Waals surface area (Å²) in [6, 6.07) is 9.21. The molecule has 0 saturated heterocycles. The lowest BCUT2D eigenvalue weighted by Gasteiger charge is -2.07. The Morgan fingerprint density at radius 2 is 2.06 bits per heavy atom. The third kappa shape index (κ3) is 2.74. The number of hydrogen-bond donors (Lipinski definition) is 1. The highest BCUT2D eigenvalue weighted by Gasteiger charge is 2.06. The average molecular weight is 249 g/mol. The molecule has 0 fully saturated rings. The van der Waals surface area contributed by atoms with Gasteiger partial charge < -0.3 is 4.98 Å². The lowest BCUT2D eigenvalue weighted by atomic mass is 10.1. The second-order valence-electron chi connectivity index (χ2n) is 4.19. The van der Waals surface area contributed by atoms with Crippen molar-refractivity contribution in [3.63, 3.8) is 0 Å². The van der Waals surface area contributed by atoms with Crippen molar-refractivity contribution in [2.75, 3.05) is 0 Å². The summed E-state index contributed by atoms with van der Waals surface area (Å²) in [6.45, 7) is 4.04. The molecule has 1 aromatic carbocycles. The third-order valence-electron chi connectivity index (χ3n) is 2.51. The molecule has 0 amide bonds. The molecule has 0 spiro atoms. The van der Waals surface area contributed by atoms with Crippen LogP contribution in [0.3, 0.4) is 0 Å². The fourth-order valence-electron chi connectivity index (χ4n) is 1.58. The Morgan fingerprint density at radius 3 is 2.71 bits per heavy atom. The van der Waals surface area contributed by atoms with E-state index in [0.29, 0.717) is 10.7 Å². The third-order valence-corrected chi connectivity index (χ3v) is 2.74. The maximum Gasteiger partial charge on any atom is 0.345 e. The maximum absolute atomic E-state index is 11.5. The van der Waals surface area contributed by atoms with Gasteiger partial charge in [0.1, 0.15) is 0 Å². The van der Waals surface area contributed by atoms with Crippen LogP contribution in [0.1, 0.15) is 25.5 Å². The summed E-state index contributed by atoms with van der Waals surface area (Å²) in [5, 5.41) is 0.635. The largest absolute Gasteiger partial charge is 0.345 e. The van der Waals surface area contributed by atoms with E-state index < -0.39 is 0 Å². The van der Waals surface area contributed by atoms with Gasteiger partial charge in [0, 0.05) is 16.3 Å². The van der Waals surface area contributed by atoms with Crippen LogP contribution in [0.15, 0.2) is 35.1 Å². The van der Waals surface area contributed by atoms with Crippen LogP contribution in [-0.2, 0) is 0 Å². The number of rotatable bonds is 2. The summed E-state index contributed by atoms with van der Waals surface area (Å²) in [5.74, 6) is 0.253. The van der Waals surface area contributed by atoms with Gasteiger partial charge in [0.15, 0.2) is 0 Å². The molecule has 0 atom stereocenters. The van der Waals surface area contributed by atoms with E-state index >= 15 is 0 Å². The van der Waals surface area contributed by atoms with Crippen molar-refractivity contribution in [2.45, 2.75) is 19.8 Å². The number of H-pyrrole nitrogens is 1. The van der Waals surface area contributed by atoms with Crippen LogP contribution in [0.4, 0.5) is 0 Å². The van der Waals surface area contributed by atoms with Gasteiger partial charge in [-0.1, -0.05) is 37.6 Å². The van der Waals surface area contributed by atoms with Gasteiger partial charge in [-0.2, -0.15) is 4.98 Å². The summed E-state index contributed by atoms with van der Waals surface area (Å²) < 4.78 is 0. The molecule has 0 aliphatic rings. The van der Waals surface area contributed by atoms with Gasteiger partial charge in [-0.3, -0.25) is 0 Å². The molecule has 2 aromatic rings. The van der Waals surface area contributed by atoms with Crippen molar-refractivity contribution in [1.82, 2.24) is 9.97 Å². The molecule has 1 aromatic heterocycles. The Labute approximate surface area is 104 Å². The standard InChI is InChI=1S/C13H13ClN2O/c1-8(2)11-7-12(16-13(17)15-11)9-4-3-5-10(14)6-9/h3-8H,1-2H3,(H,15,16,17). The lowest BCUT2D eigenvalue weighted by molar-refractivity contribution is 0.803. The molecule has 0 unspecified atom stereocenters. The quantitative estimate of drug-likeness (QED) is 0.887. The molecule has 3 nitrogen and oxygen atoms in total. The summed E-state index contributed by atoms with van der Waals surface area (Å²) in [5.41, 5.74) is 2.05. The van der Waals surface area contributed by atoms with E-state index in [2.05, 4.69) is 9.97 Å². The number of benzene rings is 1. The molecular formula is C13H13ClN2O. The summed E-state index contributed by atoms with van der Waals surface area (Å²) in [6.07, 6.45) is 0. The van der Waals surface area contributed by atoms with Crippen molar-refractivity contribution in [3.05, 3.63) is 51.5 Å².